The van der Waals surface area contributed by atoms with Crippen molar-refractivity contribution in [1.29, 1.82) is 5.26 Å². The van der Waals surface area contributed by atoms with Gasteiger partial charge in [-0.1, -0.05) is 54.1 Å². The second-order valence-electron chi connectivity index (χ2n) is 6.19. The minimum Gasteiger partial charge on any atom is -0.386 e. The summed E-state index contributed by atoms with van der Waals surface area (Å²) in [4.78, 5) is 14.5. The fourth-order valence-corrected chi connectivity index (χ4v) is 2.70. The lowest BCUT2D eigenvalue weighted by molar-refractivity contribution is -0.129. The van der Waals surface area contributed by atoms with Gasteiger partial charge in [-0.05, 0) is 37.1 Å². The number of carbonyl (C=O) groups excluding carboxylic acids is 1. The molecule has 0 unspecified atom stereocenters. The van der Waals surface area contributed by atoms with Gasteiger partial charge in [-0.15, -0.1) is 0 Å². The van der Waals surface area contributed by atoms with Crippen LogP contribution in [0.3, 0.4) is 0 Å². The van der Waals surface area contributed by atoms with Gasteiger partial charge in [0.25, 0.3) is 5.91 Å². The second-order valence-corrected chi connectivity index (χ2v) is 6.63. The molecule has 0 atom stereocenters. The van der Waals surface area contributed by atoms with Crippen molar-refractivity contribution in [1.82, 2.24) is 10.2 Å². The number of nitriles is 1. The third-order valence-electron chi connectivity index (χ3n) is 3.87. The van der Waals surface area contributed by atoms with Crippen LogP contribution in [0.1, 0.15) is 25.0 Å². The Bertz CT molecular complexity index is 810. The smallest absolute Gasteiger partial charge is 0.266 e. The summed E-state index contributed by atoms with van der Waals surface area (Å²) in [7, 11) is 0. The molecule has 1 N–H and O–H groups in total. The predicted octanol–water partition coefficient (Wildman–Crippen LogP) is 4.27. The van der Waals surface area contributed by atoms with Crippen molar-refractivity contribution < 1.29 is 4.79 Å². The maximum atomic E-state index is 12.8. The fourth-order valence-electron chi connectivity index (χ4n) is 2.48. The number of hydrogen-bond donors (Lipinski definition) is 1. The zero-order valence-electron chi connectivity index (χ0n) is 14.9. The van der Waals surface area contributed by atoms with Gasteiger partial charge < -0.3 is 10.2 Å². The molecule has 134 valence electrons. The van der Waals surface area contributed by atoms with Crippen molar-refractivity contribution in [3.05, 3.63) is 82.5 Å². The van der Waals surface area contributed by atoms with E-state index in [4.69, 9.17) is 11.6 Å². The lowest BCUT2D eigenvalue weighted by Crippen LogP contribution is -2.37. The quantitative estimate of drug-likeness (QED) is 0.587. The molecule has 0 spiro atoms. The summed E-state index contributed by atoms with van der Waals surface area (Å²) in [6.07, 6.45) is 1.48. The number of nitrogens with zero attached hydrogens (tertiary/aromatic N) is 2. The third-order valence-corrected chi connectivity index (χ3v) is 4.11. The summed E-state index contributed by atoms with van der Waals surface area (Å²) >= 11 is 5.96. The van der Waals surface area contributed by atoms with Crippen molar-refractivity contribution in [3.8, 4) is 6.07 Å². The molecule has 1 amide bonds. The predicted molar refractivity (Wildman–Crippen MR) is 104 cm³/mol. The summed E-state index contributed by atoms with van der Waals surface area (Å²) in [6, 6.07) is 19.2. The van der Waals surface area contributed by atoms with Gasteiger partial charge in [-0.3, -0.25) is 4.79 Å². The van der Waals surface area contributed by atoms with Crippen molar-refractivity contribution >= 4 is 17.5 Å². The van der Waals surface area contributed by atoms with E-state index < -0.39 is 0 Å². The van der Waals surface area contributed by atoms with Gasteiger partial charge in [0, 0.05) is 30.4 Å². The first-order valence-corrected chi connectivity index (χ1v) is 8.82. The summed E-state index contributed by atoms with van der Waals surface area (Å²) in [5.41, 5.74) is 2.08. The Morgan fingerprint density at radius 3 is 2.50 bits per heavy atom. The second kappa shape index (κ2) is 9.65. The summed E-state index contributed by atoms with van der Waals surface area (Å²) in [5, 5.41) is 13.1. The molecule has 0 radical (unpaired) electrons. The first kappa shape index (κ1) is 19.6. The van der Waals surface area contributed by atoms with E-state index in [2.05, 4.69) is 5.32 Å². The van der Waals surface area contributed by atoms with Crippen molar-refractivity contribution in [2.24, 2.45) is 0 Å². The first-order chi connectivity index (χ1) is 12.5. The van der Waals surface area contributed by atoms with Gasteiger partial charge >= 0.3 is 0 Å². The fraction of sp³-hybridized carbons (Fsp3) is 0.238. The molecule has 2 rings (SSSR count). The molecular weight excluding hydrogens is 346 g/mol. The SMILES string of the molecule is CC(C)N(Cc1ccccc1)C(=O)/C(C#N)=C\NCc1cccc(Cl)c1. The van der Waals surface area contributed by atoms with E-state index >= 15 is 0 Å². The molecular formula is C21H22ClN3O. The van der Waals surface area contributed by atoms with Crippen molar-refractivity contribution in [2.45, 2.75) is 33.0 Å². The molecule has 0 aromatic heterocycles. The van der Waals surface area contributed by atoms with Gasteiger partial charge in [0.05, 0.1) is 0 Å². The number of carbonyl (C=O) groups is 1. The number of halogens is 1. The molecule has 0 heterocycles. The highest BCUT2D eigenvalue weighted by Gasteiger charge is 2.21. The highest BCUT2D eigenvalue weighted by atomic mass is 35.5. The Kier molecular flexibility index (Phi) is 7.25. The summed E-state index contributed by atoms with van der Waals surface area (Å²) in [5.74, 6) is -0.287. The zero-order chi connectivity index (χ0) is 18.9. The van der Waals surface area contributed by atoms with E-state index in [1.165, 1.54) is 6.20 Å². The van der Waals surface area contributed by atoms with Crippen molar-refractivity contribution in [2.75, 3.05) is 0 Å². The maximum absolute atomic E-state index is 12.8. The van der Waals surface area contributed by atoms with Crippen LogP contribution < -0.4 is 5.32 Å². The number of amides is 1. The molecule has 0 aliphatic heterocycles. The zero-order valence-corrected chi connectivity index (χ0v) is 15.7. The number of nitrogens with one attached hydrogen (secondary N) is 1. The van der Waals surface area contributed by atoms with E-state index in [1.54, 1.807) is 11.0 Å². The maximum Gasteiger partial charge on any atom is 0.266 e. The molecule has 5 heteroatoms. The van der Waals surface area contributed by atoms with E-state index in [0.29, 0.717) is 18.1 Å². The number of rotatable bonds is 7. The minimum atomic E-state index is -0.287. The molecule has 0 bridgehead atoms. The minimum absolute atomic E-state index is 0.0209. The molecule has 2 aromatic carbocycles. The van der Waals surface area contributed by atoms with Gasteiger partial charge in [0.15, 0.2) is 0 Å². The Morgan fingerprint density at radius 2 is 1.88 bits per heavy atom. The van der Waals surface area contributed by atoms with Crippen LogP contribution in [0, 0.1) is 11.3 Å². The summed E-state index contributed by atoms with van der Waals surface area (Å²) < 4.78 is 0. The van der Waals surface area contributed by atoms with Gasteiger partial charge in [0.1, 0.15) is 11.6 Å². The molecule has 0 aliphatic rings. The van der Waals surface area contributed by atoms with Crippen LogP contribution in [-0.4, -0.2) is 16.8 Å². The molecule has 4 nitrogen and oxygen atoms in total. The average molecular weight is 368 g/mol. The average Bonchev–Trinajstić information content (AvgIpc) is 2.63. The highest BCUT2D eigenvalue weighted by Crippen LogP contribution is 2.13. The van der Waals surface area contributed by atoms with Crippen LogP contribution in [0.15, 0.2) is 66.4 Å². The Hall–Kier alpha value is -2.77. The van der Waals surface area contributed by atoms with Crippen LogP contribution >= 0.6 is 11.6 Å². The molecule has 0 saturated carbocycles. The van der Waals surface area contributed by atoms with Crippen LogP contribution in [0.25, 0.3) is 0 Å². The molecule has 26 heavy (non-hydrogen) atoms. The molecule has 0 saturated heterocycles. The van der Waals surface area contributed by atoms with E-state index in [1.807, 2.05) is 68.4 Å². The standard InChI is InChI=1S/C21H22ClN3O/c1-16(2)25(15-17-7-4-3-5-8-17)21(26)19(12-23)14-24-13-18-9-6-10-20(22)11-18/h3-11,14,16,24H,13,15H2,1-2H3/b19-14-. The Morgan fingerprint density at radius 1 is 1.19 bits per heavy atom. The van der Waals surface area contributed by atoms with Crippen LogP contribution in [-0.2, 0) is 17.9 Å². The van der Waals surface area contributed by atoms with E-state index in [0.717, 1.165) is 11.1 Å². The van der Waals surface area contributed by atoms with Crippen LogP contribution in [0.5, 0.6) is 0 Å². The molecule has 0 fully saturated rings. The topological polar surface area (TPSA) is 56.1 Å². The largest absolute Gasteiger partial charge is 0.386 e. The van der Waals surface area contributed by atoms with Gasteiger partial charge in [-0.2, -0.15) is 5.26 Å². The third kappa shape index (κ3) is 5.65. The van der Waals surface area contributed by atoms with Crippen LogP contribution in [0.4, 0.5) is 0 Å². The van der Waals surface area contributed by atoms with Crippen molar-refractivity contribution in [3.63, 3.8) is 0 Å². The lowest BCUT2D eigenvalue weighted by atomic mass is 10.1. The summed E-state index contributed by atoms with van der Waals surface area (Å²) in [6.45, 7) is 4.83. The van der Waals surface area contributed by atoms with E-state index in [9.17, 15) is 10.1 Å². The number of hydrogen-bond acceptors (Lipinski definition) is 3. The van der Waals surface area contributed by atoms with Gasteiger partial charge in [-0.25, -0.2) is 0 Å². The highest BCUT2D eigenvalue weighted by molar-refractivity contribution is 6.30. The monoisotopic (exact) mass is 367 g/mol. The first-order valence-electron chi connectivity index (χ1n) is 8.44. The molecule has 2 aromatic rings. The van der Waals surface area contributed by atoms with Crippen LogP contribution in [0.2, 0.25) is 5.02 Å². The van der Waals surface area contributed by atoms with Gasteiger partial charge in [0.2, 0.25) is 0 Å². The van der Waals surface area contributed by atoms with E-state index in [-0.39, 0.29) is 17.5 Å². The molecule has 0 aliphatic carbocycles. The Labute approximate surface area is 159 Å². The normalized spacial score (nSPS) is 11.1. The number of benzene rings is 2. The Balaban J connectivity index is 2.07. The lowest BCUT2D eigenvalue weighted by Gasteiger charge is -2.26.